The molecule has 1 aliphatic rings. The molecule has 1 atom stereocenters. The standard InChI is InChI=1S/C13H14BrClN2O2/c1-2-11-12(18)16-5-6-17(11)13(19)8-3-4-9(14)10(15)7-8/h3-4,7,11H,2,5-6H2,1H3,(H,16,18). The number of rotatable bonds is 2. The molecule has 0 radical (unpaired) electrons. The summed E-state index contributed by atoms with van der Waals surface area (Å²) in [4.78, 5) is 25.8. The number of halogens is 2. The number of hydrogen-bond donors (Lipinski definition) is 1. The van der Waals surface area contributed by atoms with Gasteiger partial charge in [0.1, 0.15) is 6.04 Å². The minimum Gasteiger partial charge on any atom is -0.353 e. The minimum atomic E-state index is -0.399. The second-order valence-corrected chi connectivity index (χ2v) is 5.60. The van der Waals surface area contributed by atoms with Crippen molar-refractivity contribution in [3.8, 4) is 0 Å². The number of carbonyl (C=O) groups is 2. The zero-order chi connectivity index (χ0) is 14.0. The van der Waals surface area contributed by atoms with Crippen molar-refractivity contribution in [3.63, 3.8) is 0 Å². The molecule has 2 amide bonds. The van der Waals surface area contributed by atoms with E-state index in [2.05, 4.69) is 21.2 Å². The summed E-state index contributed by atoms with van der Waals surface area (Å²) in [5.41, 5.74) is 0.501. The Morgan fingerprint density at radius 3 is 2.95 bits per heavy atom. The fraction of sp³-hybridized carbons (Fsp3) is 0.385. The topological polar surface area (TPSA) is 49.4 Å². The lowest BCUT2D eigenvalue weighted by Crippen LogP contribution is -2.56. The molecule has 1 unspecified atom stereocenters. The SMILES string of the molecule is CCC1C(=O)NCCN1C(=O)c1ccc(Br)c(Cl)c1. The van der Waals surface area contributed by atoms with Gasteiger partial charge in [-0.2, -0.15) is 0 Å². The third-order valence-electron chi connectivity index (χ3n) is 3.14. The molecule has 1 N–H and O–H groups in total. The number of nitrogens with one attached hydrogen (secondary N) is 1. The van der Waals surface area contributed by atoms with Crippen molar-refractivity contribution in [1.29, 1.82) is 0 Å². The van der Waals surface area contributed by atoms with Gasteiger partial charge >= 0.3 is 0 Å². The van der Waals surface area contributed by atoms with Crippen molar-refractivity contribution in [2.45, 2.75) is 19.4 Å². The maximum Gasteiger partial charge on any atom is 0.254 e. The van der Waals surface area contributed by atoms with Crippen LogP contribution in [0.2, 0.25) is 5.02 Å². The molecule has 1 aliphatic heterocycles. The molecule has 0 spiro atoms. The Bertz CT molecular complexity index is 521. The van der Waals surface area contributed by atoms with Crippen LogP contribution in [-0.2, 0) is 4.79 Å². The molecular weight excluding hydrogens is 332 g/mol. The van der Waals surface area contributed by atoms with Gasteiger partial charge in [0.05, 0.1) is 5.02 Å². The molecule has 1 aromatic carbocycles. The number of benzene rings is 1. The van der Waals surface area contributed by atoms with Crippen LogP contribution in [0.25, 0.3) is 0 Å². The molecule has 1 fully saturated rings. The number of nitrogens with zero attached hydrogens (tertiary/aromatic N) is 1. The summed E-state index contributed by atoms with van der Waals surface area (Å²) >= 11 is 9.29. The first-order valence-electron chi connectivity index (χ1n) is 6.08. The molecule has 6 heteroatoms. The Labute approximate surface area is 125 Å². The highest BCUT2D eigenvalue weighted by atomic mass is 79.9. The van der Waals surface area contributed by atoms with Crippen LogP contribution in [0, 0.1) is 0 Å². The second-order valence-electron chi connectivity index (χ2n) is 4.34. The summed E-state index contributed by atoms with van der Waals surface area (Å²) in [7, 11) is 0. The Morgan fingerprint density at radius 2 is 2.32 bits per heavy atom. The van der Waals surface area contributed by atoms with E-state index in [0.717, 1.165) is 4.47 Å². The van der Waals surface area contributed by atoms with Crippen LogP contribution in [0.4, 0.5) is 0 Å². The van der Waals surface area contributed by atoms with Crippen molar-refractivity contribution < 1.29 is 9.59 Å². The van der Waals surface area contributed by atoms with Gasteiger partial charge in [-0.15, -0.1) is 0 Å². The Hall–Kier alpha value is -1.07. The summed E-state index contributed by atoms with van der Waals surface area (Å²) in [6, 6.07) is 4.66. The minimum absolute atomic E-state index is 0.0923. The average Bonchev–Trinajstić information content (AvgIpc) is 2.40. The van der Waals surface area contributed by atoms with Gasteiger partial charge in [-0.25, -0.2) is 0 Å². The zero-order valence-electron chi connectivity index (χ0n) is 10.5. The number of carbonyl (C=O) groups excluding carboxylic acids is 2. The summed E-state index contributed by atoms with van der Waals surface area (Å²) in [6.45, 7) is 2.91. The lowest BCUT2D eigenvalue weighted by Gasteiger charge is -2.34. The van der Waals surface area contributed by atoms with E-state index in [9.17, 15) is 9.59 Å². The number of amides is 2. The molecule has 1 saturated heterocycles. The first-order valence-corrected chi connectivity index (χ1v) is 7.25. The van der Waals surface area contributed by atoms with E-state index in [4.69, 9.17) is 11.6 Å². The molecular formula is C13H14BrClN2O2. The lowest BCUT2D eigenvalue weighted by molar-refractivity contribution is -0.127. The highest BCUT2D eigenvalue weighted by molar-refractivity contribution is 9.10. The van der Waals surface area contributed by atoms with Gasteiger partial charge in [0, 0.05) is 23.1 Å². The summed E-state index contributed by atoms with van der Waals surface area (Å²) in [5.74, 6) is -0.249. The Morgan fingerprint density at radius 1 is 1.58 bits per heavy atom. The second kappa shape index (κ2) is 5.92. The maximum absolute atomic E-state index is 12.5. The largest absolute Gasteiger partial charge is 0.353 e. The maximum atomic E-state index is 12.5. The summed E-state index contributed by atoms with van der Waals surface area (Å²) in [5, 5.41) is 3.26. The van der Waals surface area contributed by atoms with E-state index in [1.165, 1.54) is 0 Å². The first kappa shape index (κ1) is 14.3. The van der Waals surface area contributed by atoms with Crippen molar-refractivity contribution in [1.82, 2.24) is 10.2 Å². The van der Waals surface area contributed by atoms with Crippen LogP contribution >= 0.6 is 27.5 Å². The lowest BCUT2D eigenvalue weighted by atomic mass is 10.1. The molecule has 0 aromatic heterocycles. The van der Waals surface area contributed by atoms with Gasteiger partial charge in [0.15, 0.2) is 0 Å². The Kier molecular flexibility index (Phi) is 4.47. The molecule has 102 valence electrons. The van der Waals surface area contributed by atoms with Crippen molar-refractivity contribution in [2.24, 2.45) is 0 Å². The smallest absolute Gasteiger partial charge is 0.254 e. The van der Waals surface area contributed by atoms with Gasteiger partial charge < -0.3 is 10.2 Å². The van der Waals surface area contributed by atoms with E-state index in [0.29, 0.717) is 30.1 Å². The van der Waals surface area contributed by atoms with Crippen LogP contribution in [0.15, 0.2) is 22.7 Å². The van der Waals surface area contributed by atoms with E-state index in [1.54, 1.807) is 23.1 Å². The van der Waals surface area contributed by atoms with E-state index >= 15 is 0 Å². The number of hydrogen-bond acceptors (Lipinski definition) is 2. The molecule has 4 nitrogen and oxygen atoms in total. The molecule has 0 saturated carbocycles. The van der Waals surface area contributed by atoms with Crippen LogP contribution in [0.5, 0.6) is 0 Å². The monoisotopic (exact) mass is 344 g/mol. The van der Waals surface area contributed by atoms with Crippen molar-refractivity contribution >= 4 is 39.3 Å². The molecule has 1 heterocycles. The highest BCUT2D eigenvalue weighted by Gasteiger charge is 2.32. The number of piperazine rings is 1. The quantitative estimate of drug-likeness (QED) is 0.895. The van der Waals surface area contributed by atoms with Gasteiger partial charge in [0.25, 0.3) is 5.91 Å². The van der Waals surface area contributed by atoms with Crippen LogP contribution in [-0.4, -0.2) is 35.8 Å². The highest BCUT2D eigenvalue weighted by Crippen LogP contribution is 2.24. The predicted octanol–water partition coefficient (Wildman–Crippen LogP) is 2.45. The average molecular weight is 346 g/mol. The predicted molar refractivity (Wildman–Crippen MR) is 77.3 cm³/mol. The third-order valence-corrected chi connectivity index (χ3v) is 4.38. The summed E-state index contributed by atoms with van der Waals surface area (Å²) < 4.78 is 0.745. The van der Waals surface area contributed by atoms with Crippen LogP contribution in [0.1, 0.15) is 23.7 Å². The van der Waals surface area contributed by atoms with Gasteiger partial charge in [0.2, 0.25) is 5.91 Å². The van der Waals surface area contributed by atoms with E-state index < -0.39 is 6.04 Å². The van der Waals surface area contributed by atoms with Crippen LogP contribution in [0.3, 0.4) is 0 Å². The van der Waals surface area contributed by atoms with E-state index in [-0.39, 0.29) is 11.8 Å². The fourth-order valence-corrected chi connectivity index (χ4v) is 2.59. The normalized spacial score (nSPS) is 19.2. The Balaban J connectivity index is 2.26. The van der Waals surface area contributed by atoms with Crippen molar-refractivity contribution in [3.05, 3.63) is 33.3 Å². The fourth-order valence-electron chi connectivity index (χ4n) is 2.16. The van der Waals surface area contributed by atoms with Crippen LogP contribution < -0.4 is 5.32 Å². The van der Waals surface area contributed by atoms with Crippen molar-refractivity contribution in [2.75, 3.05) is 13.1 Å². The van der Waals surface area contributed by atoms with E-state index in [1.807, 2.05) is 6.92 Å². The van der Waals surface area contributed by atoms with Gasteiger partial charge in [-0.1, -0.05) is 18.5 Å². The zero-order valence-corrected chi connectivity index (χ0v) is 12.8. The van der Waals surface area contributed by atoms with Gasteiger partial charge in [-0.3, -0.25) is 9.59 Å². The molecule has 0 aliphatic carbocycles. The first-order chi connectivity index (χ1) is 9.04. The molecule has 19 heavy (non-hydrogen) atoms. The molecule has 2 rings (SSSR count). The molecule has 0 bridgehead atoms. The third kappa shape index (κ3) is 2.92. The summed E-state index contributed by atoms with van der Waals surface area (Å²) in [6.07, 6.45) is 0.599. The van der Waals surface area contributed by atoms with Gasteiger partial charge in [-0.05, 0) is 40.5 Å². The molecule has 1 aromatic rings.